The molecule has 0 heterocycles. The first kappa shape index (κ1) is 22.6. The van der Waals surface area contributed by atoms with Gasteiger partial charge in [-0.3, -0.25) is 9.69 Å². The summed E-state index contributed by atoms with van der Waals surface area (Å²) in [6.07, 6.45) is 0. The highest BCUT2D eigenvalue weighted by Gasteiger charge is 2.20. The SMILES string of the molecule is CC(=O)N(c1ccc(Oc2ccccc2OCc2ccccc2)cc1)c1ccccc1C(=O)O. The second-order valence-corrected chi connectivity index (χ2v) is 7.49. The minimum Gasteiger partial charge on any atom is -0.485 e. The number of rotatable bonds is 8. The summed E-state index contributed by atoms with van der Waals surface area (Å²) in [5.74, 6) is 0.312. The molecule has 0 aliphatic heterocycles. The van der Waals surface area contributed by atoms with Gasteiger partial charge < -0.3 is 14.6 Å². The van der Waals surface area contributed by atoms with Crippen LogP contribution in [0.5, 0.6) is 17.2 Å². The van der Waals surface area contributed by atoms with Crippen LogP contribution in [0.1, 0.15) is 22.8 Å². The Balaban J connectivity index is 1.54. The number of amides is 1. The smallest absolute Gasteiger partial charge is 0.337 e. The van der Waals surface area contributed by atoms with Crippen molar-refractivity contribution in [3.05, 3.63) is 114 Å². The summed E-state index contributed by atoms with van der Waals surface area (Å²) in [6.45, 7) is 1.81. The predicted molar refractivity (Wildman–Crippen MR) is 130 cm³/mol. The fourth-order valence-electron chi connectivity index (χ4n) is 3.52. The number of ether oxygens (including phenoxy) is 2. The maximum Gasteiger partial charge on any atom is 0.337 e. The van der Waals surface area contributed by atoms with E-state index >= 15 is 0 Å². The molecule has 6 nitrogen and oxygen atoms in total. The number of aromatic carboxylic acids is 1. The number of hydrogen-bond donors (Lipinski definition) is 1. The van der Waals surface area contributed by atoms with Crippen molar-refractivity contribution in [1.82, 2.24) is 0 Å². The van der Waals surface area contributed by atoms with E-state index in [1.165, 1.54) is 17.9 Å². The molecular weight excluding hydrogens is 430 g/mol. The third-order valence-corrected chi connectivity index (χ3v) is 5.10. The molecule has 0 spiro atoms. The van der Waals surface area contributed by atoms with Gasteiger partial charge in [0.25, 0.3) is 0 Å². The zero-order valence-electron chi connectivity index (χ0n) is 18.5. The lowest BCUT2D eigenvalue weighted by Gasteiger charge is -2.23. The Morgan fingerprint density at radius 3 is 2.06 bits per heavy atom. The second-order valence-electron chi connectivity index (χ2n) is 7.49. The quantitative estimate of drug-likeness (QED) is 0.332. The van der Waals surface area contributed by atoms with Crippen LogP contribution in [0, 0.1) is 0 Å². The molecule has 0 bridgehead atoms. The molecule has 6 heteroatoms. The summed E-state index contributed by atoms with van der Waals surface area (Å²) in [7, 11) is 0. The highest BCUT2D eigenvalue weighted by Crippen LogP contribution is 2.34. The monoisotopic (exact) mass is 453 g/mol. The first-order valence-electron chi connectivity index (χ1n) is 10.7. The largest absolute Gasteiger partial charge is 0.485 e. The Morgan fingerprint density at radius 1 is 0.765 bits per heavy atom. The summed E-state index contributed by atoms with van der Waals surface area (Å²) in [5, 5.41) is 9.52. The van der Waals surface area contributed by atoms with Crippen LogP contribution in [0.2, 0.25) is 0 Å². The molecule has 170 valence electrons. The van der Waals surface area contributed by atoms with Crippen molar-refractivity contribution in [2.24, 2.45) is 0 Å². The van der Waals surface area contributed by atoms with Gasteiger partial charge in [0.05, 0.1) is 11.3 Å². The Labute approximate surface area is 197 Å². The number of carbonyl (C=O) groups is 2. The van der Waals surface area contributed by atoms with E-state index in [9.17, 15) is 14.7 Å². The van der Waals surface area contributed by atoms with Crippen LogP contribution in [-0.2, 0) is 11.4 Å². The number of para-hydroxylation sites is 3. The van der Waals surface area contributed by atoms with Gasteiger partial charge >= 0.3 is 5.97 Å². The fraction of sp³-hybridized carbons (Fsp3) is 0.0714. The van der Waals surface area contributed by atoms with E-state index in [1.54, 1.807) is 42.5 Å². The first-order valence-corrected chi connectivity index (χ1v) is 10.7. The average Bonchev–Trinajstić information content (AvgIpc) is 2.85. The molecule has 0 atom stereocenters. The Kier molecular flexibility index (Phi) is 6.89. The van der Waals surface area contributed by atoms with E-state index in [0.717, 1.165) is 5.56 Å². The molecule has 0 aliphatic rings. The molecule has 4 rings (SSSR count). The highest BCUT2D eigenvalue weighted by atomic mass is 16.5. The normalized spacial score (nSPS) is 10.4. The van der Waals surface area contributed by atoms with Gasteiger partial charge in [-0.1, -0.05) is 54.6 Å². The molecule has 0 saturated heterocycles. The van der Waals surface area contributed by atoms with Gasteiger partial charge in [0.2, 0.25) is 5.91 Å². The van der Waals surface area contributed by atoms with Crippen molar-refractivity contribution in [3.63, 3.8) is 0 Å². The van der Waals surface area contributed by atoms with Crippen LogP contribution in [-0.4, -0.2) is 17.0 Å². The maximum atomic E-state index is 12.4. The third-order valence-electron chi connectivity index (χ3n) is 5.10. The topological polar surface area (TPSA) is 76.1 Å². The van der Waals surface area contributed by atoms with Gasteiger partial charge in [0, 0.05) is 12.6 Å². The molecule has 0 fully saturated rings. The lowest BCUT2D eigenvalue weighted by molar-refractivity contribution is -0.115. The van der Waals surface area contributed by atoms with Gasteiger partial charge in [-0.05, 0) is 54.1 Å². The number of anilines is 2. The van der Waals surface area contributed by atoms with Gasteiger partial charge in [-0.25, -0.2) is 4.79 Å². The number of benzene rings is 4. The molecule has 34 heavy (non-hydrogen) atoms. The number of carboxylic acids is 1. The van der Waals surface area contributed by atoms with E-state index in [-0.39, 0.29) is 11.5 Å². The van der Waals surface area contributed by atoms with E-state index < -0.39 is 5.97 Å². The van der Waals surface area contributed by atoms with E-state index in [2.05, 4.69) is 0 Å². The van der Waals surface area contributed by atoms with Crippen LogP contribution in [0.3, 0.4) is 0 Å². The first-order chi connectivity index (χ1) is 16.5. The van der Waals surface area contributed by atoms with E-state index in [0.29, 0.717) is 35.2 Å². The molecule has 0 aromatic heterocycles. The Morgan fingerprint density at radius 2 is 1.38 bits per heavy atom. The molecule has 1 N–H and O–H groups in total. The van der Waals surface area contributed by atoms with Gasteiger partial charge in [-0.15, -0.1) is 0 Å². The van der Waals surface area contributed by atoms with Crippen molar-refractivity contribution in [2.45, 2.75) is 13.5 Å². The van der Waals surface area contributed by atoms with Gasteiger partial charge in [0.1, 0.15) is 12.4 Å². The molecule has 0 aliphatic carbocycles. The van der Waals surface area contributed by atoms with Gasteiger partial charge in [0.15, 0.2) is 11.5 Å². The van der Waals surface area contributed by atoms with Crippen LogP contribution >= 0.6 is 0 Å². The lowest BCUT2D eigenvalue weighted by atomic mass is 10.1. The number of carbonyl (C=O) groups excluding carboxylic acids is 1. The fourth-order valence-corrected chi connectivity index (χ4v) is 3.52. The molecule has 0 unspecified atom stereocenters. The minimum atomic E-state index is -1.10. The number of nitrogens with zero attached hydrogens (tertiary/aromatic N) is 1. The Hall–Kier alpha value is -4.58. The summed E-state index contributed by atoms with van der Waals surface area (Å²) >= 11 is 0. The summed E-state index contributed by atoms with van der Waals surface area (Å²) in [6, 6.07) is 30.5. The van der Waals surface area contributed by atoms with Crippen LogP contribution in [0.15, 0.2) is 103 Å². The third kappa shape index (κ3) is 5.24. The molecule has 4 aromatic carbocycles. The molecule has 4 aromatic rings. The number of hydrogen-bond acceptors (Lipinski definition) is 4. The van der Waals surface area contributed by atoms with Crippen molar-refractivity contribution in [2.75, 3.05) is 4.90 Å². The second kappa shape index (κ2) is 10.4. The maximum absolute atomic E-state index is 12.4. The van der Waals surface area contributed by atoms with Crippen molar-refractivity contribution in [1.29, 1.82) is 0 Å². The Bertz CT molecular complexity index is 1290. The lowest BCUT2D eigenvalue weighted by Crippen LogP contribution is -2.24. The zero-order valence-corrected chi connectivity index (χ0v) is 18.5. The zero-order chi connectivity index (χ0) is 23.9. The summed E-state index contributed by atoms with van der Waals surface area (Å²) < 4.78 is 12.0. The van der Waals surface area contributed by atoms with E-state index in [4.69, 9.17) is 9.47 Å². The van der Waals surface area contributed by atoms with Crippen molar-refractivity contribution in [3.8, 4) is 17.2 Å². The summed E-state index contributed by atoms with van der Waals surface area (Å²) in [5.41, 5.74) is 1.92. The molecule has 1 amide bonds. The molecule has 0 saturated carbocycles. The molecule has 0 radical (unpaired) electrons. The highest BCUT2D eigenvalue weighted by molar-refractivity contribution is 6.05. The van der Waals surface area contributed by atoms with Crippen LogP contribution in [0.25, 0.3) is 0 Å². The summed E-state index contributed by atoms with van der Waals surface area (Å²) in [4.78, 5) is 25.4. The van der Waals surface area contributed by atoms with Gasteiger partial charge in [-0.2, -0.15) is 0 Å². The minimum absolute atomic E-state index is 0.0440. The van der Waals surface area contributed by atoms with Crippen molar-refractivity contribution < 1.29 is 24.2 Å². The molecular formula is C28H23NO5. The van der Waals surface area contributed by atoms with E-state index in [1.807, 2.05) is 54.6 Å². The predicted octanol–water partition coefficient (Wildman–Crippen LogP) is 6.44. The van der Waals surface area contributed by atoms with Crippen LogP contribution < -0.4 is 14.4 Å². The number of carboxylic acid groups (broad SMARTS) is 1. The van der Waals surface area contributed by atoms with Crippen molar-refractivity contribution >= 4 is 23.3 Å². The standard InChI is InChI=1S/C28H23NO5/c1-20(30)29(25-12-6-5-11-24(25)28(31)32)22-15-17-23(18-16-22)34-27-14-8-7-13-26(27)33-19-21-9-3-2-4-10-21/h2-18H,19H2,1H3,(H,31,32). The average molecular weight is 453 g/mol. The van der Waals surface area contributed by atoms with Crippen LogP contribution in [0.4, 0.5) is 11.4 Å².